The molecule has 2 nitrogen and oxygen atoms in total. The second kappa shape index (κ2) is 4.50. The topological polar surface area (TPSA) is 44.1 Å². The third kappa shape index (κ3) is 4.15. The molecule has 0 aromatic heterocycles. The number of hydrogen-bond acceptors (Lipinski definition) is 2. The highest BCUT2D eigenvalue weighted by atomic mass is 16.3. The predicted molar refractivity (Wildman–Crippen MR) is 38.9 cm³/mol. The zero-order valence-corrected chi connectivity index (χ0v) is 6.09. The van der Waals surface area contributed by atoms with Crippen LogP contribution >= 0.6 is 0 Å². The predicted octanol–water partition coefficient (Wildman–Crippen LogP) is 1.43. The Balaban J connectivity index is 3.33. The van der Waals surface area contributed by atoms with Crippen LogP contribution in [0.1, 0.15) is 26.7 Å². The molecule has 2 heteroatoms. The van der Waals surface area contributed by atoms with E-state index in [0.717, 1.165) is 12.8 Å². The van der Waals surface area contributed by atoms with E-state index in [1.165, 1.54) is 6.21 Å². The van der Waals surface area contributed by atoms with Gasteiger partial charge in [0.15, 0.2) is 0 Å². The second-order valence-corrected chi connectivity index (χ2v) is 2.44. The van der Waals surface area contributed by atoms with E-state index in [1.807, 2.05) is 13.8 Å². The van der Waals surface area contributed by atoms with Gasteiger partial charge in [-0.1, -0.05) is 13.8 Å². The molecule has 0 aliphatic rings. The maximum atomic E-state index is 9.06. The molecule has 2 N–H and O–H groups in total. The number of rotatable bonds is 4. The van der Waals surface area contributed by atoms with Gasteiger partial charge < -0.3 is 10.5 Å². The van der Waals surface area contributed by atoms with Crippen molar-refractivity contribution in [1.82, 2.24) is 0 Å². The number of nitrogens with one attached hydrogen (secondary N) is 1. The first-order valence-corrected chi connectivity index (χ1v) is 3.39. The molecule has 0 saturated carbocycles. The van der Waals surface area contributed by atoms with Crippen LogP contribution in [-0.2, 0) is 0 Å². The minimum atomic E-state index is -0.221. The summed E-state index contributed by atoms with van der Waals surface area (Å²) in [6.45, 7) is 3.88. The number of aliphatic hydroxyl groups excluding tert-OH is 1. The molecule has 54 valence electrons. The van der Waals surface area contributed by atoms with Crippen LogP contribution in [0.25, 0.3) is 0 Å². The van der Waals surface area contributed by atoms with E-state index in [0.29, 0.717) is 0 Å². The van der Waals surface area contributed by atoms with Crippen molar-refractivity contribution >= 4 is 6.21 Å². The highest BCUT2D eigenvalue weighted by Gasteiger charge is 2.04. The Morgan fingerprint density at radius 1 is 1.67 bits per heavy atom. The van der Waals surface area contributed by atoms with Crippen molar-refractivity contribution in [3.05, 3.63) is 0 Å². The van der Waals surface area contributed by atoms with Gasteiger partial charge in [-0.3, -0.25) is 0 Å². The first-order chi connectivity index (χ1) is 4.20. The smallest absolute Gasteiger partial charge is 0.0543 e. The van der Waals surface area contributed by atoms with E-state index in [-0.39, 0.29) is 12.0 Å². The molecule has 9 heavy (non-hydrogen) atoms. The summed E-state index contributed by atoms with van der Waals surface area (Å²) in [4.78, 5) is 0. The van der Waals surface area contributed by atoms with Gasteiger partial charge in [0.25, 0.3) is 0 Å². The quantitative estimate of drug-likeness (QED) is 0.554. The monoisotopic (exact) mass is 129 g/mol. The summed E-state index contributed by atoms with van der Waals surface area (Å²) in [5, 5.41) is 15.9. The summed E-state index contributed by atoms with van der Waals surface area (Å²) in [5.74, 6) is 0.222. The molecule has 0 bridgehead atoms. The average molecular weight is 129 g/mol. The molecular weight excluding hydrogens is 114 g/mol. The largest absolute Gasteiger partial charge is 0.393 e. The molecule has 0 heterocycles. The van der Waals surface area contributed by atoms with Crippen LogP contribution in [0.15, 0.2) is 0 Å². The fourth-order valence-corrected chi connectivity index (χ4v) is 0.664. The minimum absolute atomic E-state index is 0.221. The van der Waals surface area contributed by atoms with Gasteiger partial charge in [-0.25, -0.2) is 0 Å². The van der Waals surface area contributed by atoms with E-state index in [2.05, 4.69) is 0 Å². The summed E-state index contributed by atoms with van der Waals surface area (Å²) in [6, 6.07) is 0. The minimum Gasteiger partial charge on any atom is -0.393 e. The highest BCUT2D eigenvalue weighted by molar-refractivity contribution is 5.55. The Hall–Kier alpha value is -0.370. The molecule has 2 unspecified atom stereocenters. The van der Waals surface area contributed by atoms with Crippen molar-refractivity contribution in [2.24, 2.45) is 5.92 Å². The van der Waals surface area contributed by atoms with Crippen molar-refractivity contribution in [2.45, 2.75) is 32.8 Å². The van der Waals surface area contributed by atoms with Crippen LogP contribution in [0.2, 0.25) is 0 Å². The lowest BCUT2D eigenvalue weighted by Crippen LogP contribution is -2.10. The van der Waals surface area contributed by atoms with Crippen LogP contribution in [-0.4, -0.2) is 17.4 Å². The fraction of sp³-hybridized carbons (Fsp3) is 0.857. The molecule has 0 saturated heterocycles. The average Bonchev–Trinajstić information content (AvgIpc) is 1.87. The molecule has 0 aromatic carbocycles. The van der Waals surface area contributed by atoms with Gasteiger partial charge in [0.05, 0.1) is 6.10 Å². The summed E-state index contributed by atoms with van der Waals surface area (Å²) in [6.07, 6.45) is 2.67. The lowest BCUT2D eigenvalue weighted by atomic mass is 10.0. The number of aliphatic hydroxyl groups is 1. The fourth-order valence-electron chi connectivity index (χ4n) is 0.664. The Morgan fingerprint density at radius 2 is 2.22 bits per heavy atom. The Morgan fingerprint density at radius 3 is 2.56 bits per heavy atom. The third-order valence-electron chi connectivity index (χ3n) is 1.40. The first-order valence-electron chi connectivity index (χ1n) is 3.39. The lowest BCUT2D eigenvalue weighted by molar-refractivity contribution is 0.152. The van der Waals surface area contributed by atoms with Crippen LogP contribution in [0.3, 0.4) is 0 Å². The third-order valence-corrected chi connectivity index (χ3v) is 1.40. The standard InChI is InChI=1S/C7H15NO/c1-3-7(9)4-6(2)5-8/h5-9H,3-4H2,1-2H3. The van der Waals surface area contributed by atoms with E-state index in [4.69, 9.17) is 10.5 Å². The molecule has 0 aliphatic heterocycles. The number of hydrogen-bond donors (Lipinski definition) is 2. The molecule has 0 spiro atoms. The van der Waals surface area contributed by atoms with Gasteiger partial charge in [0.1, 0.15) is 0 Å². The second-order valence-electron chi connectivity index (χ2n) is 2.44. The Kier molecular flexibility index (Phi) is 4.32. The van der Waals surface area contributed by atoms with Crippen LogP contribution in [0.5, 0.6) is 0 Å². The molecule has 0 rings (SSSR count). The summed E-state index contributed by atoms with van der Waals surface area (Å²) in [7, 11) is 0. The molecule has 2 atom stereocenters. The Labute approximate surface area is 56.4 Å². The first kappa shape index (κ1) is 8.63. The molecule has 0 aromatic rings. The van der Waals surface area contributed by atoms with Gasteiger partial charge in [-0.2, -0.15) is 0 Å². The molecule has 0 fully saturated rings. The molecular formula is C7H15NO. The van der Waals surface area contributed by atoms with Crippen LogP contribution in [0, 0.1) is 11.3 Å². The lowest BCUT2D eigenvalue weighted by Gasteiger charge is -2.09. The zero-order chi connectivity index (χ0) is 7.28. The van der Waals surface area contributed by atoms with Crippen molar-refractivity contribution in [3.8, 4) is 0 Å². The van der Waals surface area contributed by atoms with E-state index in [9.17, 15) is 0 Å². The molecule has 0 amide bonds. The molecule has 0 radical (unpaired) electrons. The van der Waals surface area contributed by atoms with E-state index in [1.54, 1.807) is 0 Å². The van der Waals surface area contributed by atoms with Crippen molar-refractivity contribution in [1.29, 1.82) is 5.41 Å². The van der Waals surface area contributed by atoms with Crippen LogP contribution in [0.4, 0.5) is 0 Å². The summed E-state index contributed by atoms with van der Waals surface area (Å²) < 4.78 is 0. The Bertz CT molecular complexity index is 83.0. The van der Waals surface area contributed by atoms with Gasteiger partial charge in [0, 0.05) is 0 Å². The van der Waals surface area contributed by atoms with Gasteiger partial charge >= 0.3 is 0 Å². The summed E-state index contributed by atoms with van der Waals surface area (Å²) in [5.41, 5.74) is 0. The maximum absolute atomic E-state index is 9.06. The summed E-state index contributed by atoms with van der Waals surface area (Å²) >= 11 is 0. The van der Waals surface area contributed by atoms with E-state index >= 15 is 0 Å². The maximum Gasteiger partial charge on any atom is 0.0543 e. The van der Waals surface area contributed by atoms with Gasteiger partial charge in [0.2, 0.25) is 0 Å². The normalized spacial score (nSPS) is 16.8. The van der Waals surface area contributed by atoms with Crippen LogP contribution < -0.4 is 0 Å². The van der Waals surface area contributed by atoms with Gasteiger partial charge in [-0.05, 0) is 25.0 Å². The zero-order valence-electron chi connectivity index (χ0n) is 6.09. The molecule has 0 aliphatic carbocycles. The van der Waals surface area contributed by atoms with Gasteiger partial charge in [-0.15, -0.1) is 0 Å². The highest BCUT2D eigenvalue weighted by Crippen LogP contribution is 2.04. The van der Waals surface area contributed by atoms with E-state index < -0.39 is 0 Å². The van der Waals surface area contributed by atoms with Crippen molar-refractivity contribution in [3.63, 3.8) is 0 Å². The van der Waals surface area contributed by atoms with Crippen molar-refractivity contribution in [2.75, 3.05) is 0 Å². The van der Waals surface area contributed by atoms with Crippen molar-refractivity contribution < 1.29 is 5.11 Å². The SMILES string of the molecule is CCC(O)CC(C)C=N.